The molecule has 96 valence electrons. The fourth-order valence-electron chi connectivity index (χ4n) is 1.04. The molecule has 0 unspecified atom stereocenters. The van der Waals surface area contributed by atoms with Crippen molar-refractivity contribution in [3.63, 3.8) is 0 Å². The number of ether oxygens (including phenoxy) is 3. The highest BCUT2D eigenvalue weighted by Gasteiger charge is 2.06. The van der Waals surface area contributed by atoms with Crippen LogP contribution >= 0.6 is 0 Å². The quantitative estimate of drug-likeness (QED) is 0.669. The van der Waals surface area contributed by atoms with E-state index in [4.69, 9.17) is 19.9 Å². The molecule has 0 spiro atoms. The number of aromatic nitrogens is 3. The maximum atomic E-state index is 5.51. The molecule has 0 saturated heterocycles. The van der Waals surface area contributed by atoms with Gasteiger partial charge < -0.3 is 19.9 Å². The number of nitrogen functional groups attached to an aromatic ring is 1. The molecule has 0 amide bonds. The van der Waals surface area contributed by atoms with Gasteiger partial charge >= 0.3 is 12.0 Å². The first-order valence-corrected chi connectivity index (χ1v) is 5.52. The van der Waals surface area contributed by atoms with Gasteiger partial charge in [-0.25, -0.2) is 0 Å². The van der Waals surface area contributed by atoms with Gasteiger partial charge in [0.1, 0.15) is 0 Å². The molecule has 2 N–H and O–H groups in total. The summed E-state index contributed by atoms with van der Waals surface area (Å²) in [5.41, 5.74) is 5.51. The highest BCUT2D eigenvalue weighted by atomic mass is 16.5. The molecule has 0 aliphatic rings. The lowest BCUT2D eigenvalue weighted by molar-refractivity contribution is 0.167. The van der Waals surface area contributed by atoms with Crippen molar-refractivity contribution < 1.29 is 14.2 Å². The van der Waals surface area contributed by atoms with Crippen molar-refractivity contribution >= 4 is 5.95 Å². The topological polar surface area (TPSA) is 92.4 Å². The van der Waals surface area contributed by atoms with E-state index >= 15 is 0 Å². The molecule has 0 saturated carbocycles. The second-order valence-corrected chi connectivity index (χ2v) is 3.30. The van der Waals surface area contributed by atoms with Gasteiger partial charge in [0.2, 0.25) is 5.95 Å². The largest absolute Gasteiger partial charge is 0.463 e. The van der Waals surface area contributed by atoms with E-state index in [0.29, 0.717) is 19.8 Å². The highest BCUT2D eigenvalue weighted by Crippen LogP contribution is 2.11. The number of hydrogen-bond donors (Lipinski definition) is 1. The minimum atomic E-state index is 0.0906. The molecular formula is C10H18N4O3. The Morgan fingerprint density at radius 2 is 1.65 bits per heavy atom. The summed E-state index contributed by atoms with van der Waals surface area (Å²) in [7, 11) is 1.64. The first-order chi connectivity index (χ1) is 8.26. The Balaban J connectivity index is 2.50. The summed E-state index contributed by atoms with van der Waals surface area (Å²) in [5, 5.41) is 0. The summed E-state index contributed by atoms with van der Waals surface area (Å²) in [6, 6.07) is 0.376. The number of nitrogens with two attached hydrogens (primary N) is 1. The maximum Gasteiger partial charge on any atom is 0.324 e. The van der Waals surface area contributed by atoms with E-state index in [0.717, 1.165) is 12.8 Å². The molecule has 0 aliphatic carbocycles. The summed E-state index contributed by atoms with van der Waals surface area (Å²) in [6.45, 7) is 3.61. The van der Waals surface area contributed by atoms with Crippen molar-refractivity contribution in [3.05, 3.63) is 0 Å². The number of methoxy groups -OCH3 is 1. The lowest BCUT2D eigenvalue weighted by atomic mass is 10.5. The number of anilines is 1. The van der Waals surface area contributed by atoms with Gasteiger partial charge in [-0.15, -0.1) is 4.98 Å². The molecule has 1 rings (SSSR count). The Labute approximate surface area is 100 Å². The molecule has 1 heterocycles. The minimum Gasteiger partial charge on any atom is -0.463 e. The Morgan fingerprint density at radius 3 is 2.24 bits per heavy atom. The molecule has 0 bridgehead atoms. The lowest BCUT2D eigenvalue weighted by Crippen LogP contribution is -2.09. The Kier molecular flexibility index (Phi) is 6.02. The number of hydrogen-bond acceptors (Lipinski definition) is 7. The van der Waals surface area contributed by atoms with Gasteiger partial charge in [0.05, 0.1) is 13.2 Å². The predicted molar refractivity (Wildman–Crippen MR) is 62.0 cm³/mol. The van der Waals surface area contributed by atoms with Crippen molar-refractivity contribution in [2.75, 3.05) is 32.7 Å². The maximum absolute atomic E-state index is 5.51. The van der Waals surface area contributed by atoms with Gasteiger partial charge in [0.15, 0.2) is 0 Å². The number of rotatable bonds is 8. The SMILES string of the molecule is CCCOc1nc(N)nc(OCCCOC)n1. The molecule has 0 fully saturated rings. The van der Waals surface area contributed by atoms with Gasteiger partial charge in [-0.05, 0) is 6.42 Å². The van der Waals surface area contributed by atoms with Gasteiger partial charge in [-0.3, -0.25) is 0 Å². The Bertz CT molecular complexity index is 335. The normalized spacial score (nSPS) is 10.2. The Morgan fingerprint density at radius 1 is 1.00 bits per heavy atom. The fraction of sp³-hybridized carbons (Fsp3) is 0.700. The van der Waals surface area contributed by atoms with Crippen LogP contribution in [0.25, 0.3) is 0 Å². The average molecular weight is 242 g/mol. The van der Waals surface area contributed by atoms with Crippen LogP contribution in [0, 0.1) is 0 Å². The van der Waals surface area contributed by atoms with Crippen molar-refractivity contribution in [3.8, 4) is 12.0 Å². The molecule has 0 atom stereocenters. The lowest BCUT2D eigenvalue weighted by Gasteiger charge is -2.06. The second kappa shape index (κ2) is 7.61. The summed E-state index contributed by atoms with van der Waals surface area (Å²) in [5.74, 6) is 0.0906. The van der Waals surface area contributed by atoms with Crippen LogP contribution in [0.2, 0.25) is 0 Å². The minimum absolute atomic E-state index is 0.0906. The van der Waals surface area contributed by atoms with Gasteiger partial charge in [-0.1, -0.05) is 6.92 Å². The molecule has 7 nitrogen and oxygen atoms in total. The molecule has 0 radical (unpaired) electrons. The van der Waals surface area contributed by atoms with Crippen LogP contribution in [0.1, 0.15) is 19.8 Å². The van der Waals surface area contributed by atoms with E-state index in [2.05, 4.69) is 15.0 Å². The van der Waals surface area contributed by atoms with Crippen LogP contribution in [-0.2, 0) is 4.74 Å². The average Bonchev–Trinajstić information content (AvgIpc) is 2.31. The van der Waals surface area contributed by atoms with Gasteiger partial charge in [-0.2, -0.15) is 9.97 Å². The summed E-state index contributed by atoms with van der Waals surface area (Å²) < 4.78 is 15.5. The first kappa shape index (κ1) is 13.4. The third kappa shape index (κ3) is 5.30. The van der Waals surface area contributed by atoms with E-state index in [9.17, 15) is 0 Å². The van der Waals surface area contributed by atoms with Crippen molar-refractivity contribution in [1.82, 2.24) is 15.0 Å². The van der Waals surface area contributed by atoms with Crippen molar-refractivity contribution in [2.24, 2.45) is 0 Å². The summed E-state index contributed by atoms with van der Waals surface area (Å²) >= 11 is 0. The monoisotopic (exact) mass is 242 g/mol. The molecule has 1 aromatic heterocycles. The fourth-order valence-corrected chi connectivity index (χ4v) is 1.04. The van der Waals surface area contributed by atoms with Crippen LogP contribution in [0.5, 0.6) is 12.0 Å². The zero-order valence-electron chi connectivity index (χ0n) is 10.2. The van der Waals surface area contributed by atoms with Crippen molar-refractivity contribution in [1.29, 1.82) is 0 Å². The van der Waals surface area contributed by atoms with E-state index in [1.54, 1.807) is 7.11 Å². The van der Waals surface area contributed by atoms with E-state index in [1.165, 1.54) is 0 Å². The van der Waals surface area contributed by atoms with E-state index in [-0.39, 0.29) is 18.0 Å². The van der Waals surface area contributed by atoms with Crippen LogP contribution in [0.15, 0.2) is 0 Å². The van der Waals surface area contributed by atoms with Crippen LogP contribution in [0.3, 0.4) is 0 Å². The second-order valence-electron chi connectivity index (χ2n) is 3.30. The molecule has 0 aliphatic heterocycles. The summed E-state index contributed by atoms with van der Waals surface area (Å²) in [4.78, 5) is 11.7. The zero-order chi connectivity index (χ0) is 12.5. The smallest absolute Gasteiger partial charge is 0.324 e. The van der Waals surface area contributed by atoms with Gasteiger partial charge in [0, 0.05) is 20.1 Å². The third-order valence-electron chi connectivity index (χ3n) is 1.77. The van der Waals surface area contributed by atoms with Crippen LogP contribution < -0.4 is 15.2 Å². The molecule has 17 heavy (non-hydrogen) atoms. The van der Waals surface area contributed by atoms with E-state index < -0.39 is 0 Å². The first-order valence-electron chi connectivity index (χ1n) is 5.52. The molecule has 1 aromatic rings. The van der Waals surface area contributed by atoms with Crippen LogP contribution in [0.4, 0.5) is 5.95 Å². The van der Waals surface area contributed by atoms with E-state index in [1.807, 2.05) is 6.92 Å². The van der Waals surface area contributed by atoms with Crippen molar-refractivity contribution in [2.45, 2.75) is 19.8 Å². The summed E-state index contributed by atoms with van der Waals surface area (Å²) in [6.07, 6.45) is 1.63. The predicted octanol–water partition coefficient (Wildman–Crippen LogP) is 0.658. The molecular weight excluding hydrogens is 224 g/mol. The molecule has 0 aromatic carbocycles. The number of nitrogens with zero attached hydrogens (tertiary/aromatic N) is 3. The molecule has 7 heteroatoms. The standard InChI is InChI=1S/C10H18N4O3/c1-3-5-16-9-12-8(11)13-10(14-9)17-7-4-6-15-2/h3-7H2,1-2H3,(H2,11,12,13,14). The zero-order valence-corrected chi connectivity index (χ0v) is 10.2. The van der Waals surface area contributed by atoms with Crippen LogP contribution in [-0.4, -0.2) is 41.9 Å². The Hall–Kier alpha value is -1.63. The third-order valence-corrected chi connectivity index (χ3v) is 1.77. The highest BCUT2D eigenvalue weighted by molar-refractivity contribution is 5.20. The van der Waals surface area contributed by atoms with Gasteiger partial charge in [0.25, 0.3) is 0 Å².